The maximum absolute atomic E-state index is 13.5. The number of benzene rings is 1. The monoisotopic (exact) mass is 508 g/mol. The average Bonchev–Trinajstić information content (AvgIpc) is 2.88. The van der Waals surface area contributed by atoms with Gasteiger partial charge in [-0.3, -0.25) is 4.79 Å². The van der Waals surface area contributed by atoms with Gasteiger partial charge in [0.1, 0.15) is 5.75 Å². The highest BCUT2D eigenvalue weighted by Crippen LogP contribution is 2.48. The summed E-state index contributed by atoms with van der Waals surface area (Å²) in [5, 5.41) is 21.0. The summed E-state index contributed by atoms with van der Waals surface area (Å²) in [6, 6.07) is 11.2. The van der Waals surface area contributed by atoms with Crippen LogP contribution < -0.4 is 15.0 Å². The lowest BCUT2D eigenvalue weighted by Gasteiger charge is -2.33. The average molecular weight is 509 g/mol. The Labute approximate surface area is 215 Å². The maximum Gasteiger partial charge on any atom is 0.345 e. The molecule has 0 amide bonds. The van der Waals surface area contributed by atoms with Gasteiger partial charge in [0.2, 0.25) is 0 Å². The number of methoxy groups -OCH3 is 2. The Morgan fingerprint density at radius 2 is 1.92 bits per heavy atom. The van der Waals surface area contributed by atoms with E-state index in [9.17, 15) is 19.8 Å². The Morgan fingerprint density at radius 1 is 1.19 bits per heavy atom. The van der Waals surface area contributed by atoms with Crippen LogP contribution in [0.15, 0.2) is 41.2 Å². The highest BCUT2D eigenvalue weighted by atomic mass is 16.5. The molecule has 2 heterocycles. The molecule has 0 saturated carbocycles. The summed E-state index contributed by atoms with van der Waals surface area (Å²) >= 11 is 0. The van der Waals surface area contributed by atoms with Crippen LogP contribution in [-0.4, -0.2) is 53.2 Å². The van der Waals surface area contributed by atoms with E-state index in [1.54, 1.807) is 7.11 Å². The first kappa shape index (κ1) is 26.2. The van der Waals surface area contributed by atoms with Gasteiger partial charge in [0.25, 0.3) is 11.4 Å². The molecule has 37 heavy (non-hydrogen) atoms. The number of carbonyl (C=O) groups is 1. The van der Waals surface area contributed by atoms with Crippen LogP contribution in [-0.2, 0) is 17.7 Å². The Morgan fingerprint density at radius 3 is 2.54 bits per heavy atom. The lowest BCUT2D eigenvalue weighted by Crippen LogP contribution is -2.33. The summed E-state index contributed by atoms with van der Waals surface area (Å²) in [6.07, 6.45) is 1.18. The molecular formula is C28H32N2O7. The van der Waals surface area contributed by atoms with Crippen LogP contribution in [0.2, 0.25) is 0 Å². The van der Waals surface area contributed by atoms with Gasteiger partial charge in [0, 0.05) is 25.7 Å². The normalized spacial score (nSPS) is 14.2. The summed E-state index contributed by atoms with van der Waals surface area (Å²) in [5.74, 6) is -1.46. The van der Waals surface area contributed by atoms with E-state index in [-0.39, 0.29) is 24.3 Å². The Hall–Kier alpha value is -3.85. The van der Waals surface area contributed by atoms with Crippen molar-refractivity contribution >= 4 is 5.97 Å². The number of hydrogen-bond donors (Lipinski definition) is 2. The molecular weight excluding hydrogens is 476 g/mol. The van der Waals surface area contributed by atoms with Crippen LogP contribution in [0.3, 0.4) is 0 Å². The first-order valence-corrected chi connectivity index (χ1v) is 12.2. The highest BCUT2D eigenvalue weighted by molar-refractivity contribution is 5.92. The zero-order chi connectivity index (χ0) is 26.7. The van der Waals surface area contributed by atoms with E-state index in [0.717, 1.165) is 11.1 Å². The third kappa shape index (κ3) is 5.04. The van der Waals surface area contributed by atoms with Crippen molar-refractivity contribution in [1.29, 1.82) is 0 Å². The Kier molecular flexibility index (Phi) is 7.83. The number of aromatic hydroxyl groups is 1. The number of nitrogens with zero attached hydrogens (tertiary/aromatic N) is 2. The van der Waals surface area contributed by atoms with Crippen molar-refractivity contribution in [3.8, 4) is 28.8 Å². The topological polar surface area (TPSA) is 120 Å². The predicted molar refractivity (Wildman–Crippen MR) is 138 cm³/mol. The van der Waals surface area contributed by atoms with E-state index in [1.165, 1.54) is 11.7 Å². The second-order valence-electron chi connectivity index (χ2n) is 9.42. The highest BCUT2D eigenvalue weighted by Gasteiger charge is 2.37. The fraction of sp³-hybridized carbons (Fsp3) is 0.393. The number of aromatic carboxylic acids is 1. The number of rotatable bonds is 10. The third-order valence-corrected chi connectivity index (χ3v) is 6.69. The number of carboxylic acids is 1. The molecule has 196 valence electrons. The molecule has 0 saturated heterocycles. The second kappa shape index (κ2) is 11.0. The van der Waals surface area contributed by atoms with Gasteiger partial charge in [-0.15, -0.1) is 0 Å². The minimum absolute atomic E-state index is 0.0373. The van der Waals surface area contributed by atoms with Gasteiger partial charge >= 0.3 is 5.97 Å². The zero-order valence-corrected chi connectivity index (χ0v) is 21.5. The molecule has 0 radical (unpaired) electrons. The molecule has 9 nitrogen and oxygen atoms in total. The Bertz CT molecular complexity index is 1350. The number of pyridine rings is 2. The maximum atomic E-state index is 13.5. The van der Waals surface area contributed by atoms with Crippen molar-refractivity contribution in [2.24, 2.45) is 5.92 Å². The van der Waals surface area contributed by atoms with E-state index in [1.807, 2.05) is 50.2 Å². The first-order valence-electron chi connectivity index (χ1n) is 12.2. The van der Waals surface area contributed by atoms with Gasteiger partial charge in [-0.2, -0.15) is 0 Å². The first-order chi connectivity index (χ1) is 17.8. The summed E-state index contributed by atoms with van der Waals surface area (Å²) in [7, 11) is 3.12. The lowest BCUT2D eigenvalue weighted by atomic mass is 9.76. The number of carboxylic acid groups (broad SMARTS) is 1. The summed E-state index contributed by atoms with van der Waals surface area (Å²) < 4.78 is 18.0. The van der Waals surface area contributed by atoms with Gasteiger partial charge in [0.15, 0.2) is 11.3 Å². The molecule has 2 N–H and O–H groups in total. The van der Waals surface area contributed by atoms with Gasteiger partial charge in [-0.1, -0.05) is 44.2 Å². The molecule has 2 aromatic heterocycles. The SMILES string of the molecule is COCCCOc1cc2c(nc1OC)-c1c(c(O)c(C(=O)O)c(=O)n1Cc1ccccc1)C(C(C)C)C2. The summed E-state index contributed by atoms with van der Waals surface area (Å²) in [4.78, 5) is 30.4. The smallest absolute Gasteiger partial charge is 0.345 e. The molecule has 3 aromatic rings. The van der Waals surface area contributed by atoms with Crippen molar-refractivity contribution in [3.63, 3.8) is 0 Å². The second-order valence-corrected chi connectivity index (χ2v) is 9.42. The van der Waals surface area contributed by atoms with Crippen molar-refractivity contribution < 1.29 is 29.2 Å². The van der Waals surface area contributed by atoms with Crippen LogP contribution in [0.5, 0.6) is 17.4 Å². The molecule has 4 rings (SSSR count). The quantitative estimate of drug-likeness (QED) is 0.393. The van der Waals surface area contributed by atoms with Gasteiger partial charge < -0.3 is 29.0 Å². The molecule has 0 aliphatic heterocycles. The fourth-order valence-corrected chi connectivity index (χ4v) is 4.87. The minimum atomic E-state index is -1.47. The fourth-order valence-electron chi connectivity index (χ4n) is 4.87. The van der Waals surface area contributed by atoms with Gasteiger partial charge in [-0.05, 0) is 35.4 Å². The molecule has 1 aromatic carbocycles. The molecule has 0 spiro atoms. The molecule has 1 atom stereocenters. The van der Waals surface area contributed by atoms with E-state index in [4.69, 9.17) is 19.2 Å². The number of ether oxygens (including phenoxy) is 3. The summed E-state index contributed by atoms with van der Waals surface area (Å²) in [5.41, 5.74) is 1.51. The number of hydrogen-bond acceptors (Lipinski definition) is 7. The van der Waals surface area contributed by atoms with Crippen molar-refractivity contribution in [1.82, 2.24) is 9.55 Å². The molecule has 1 aliphatic rings. The van der Waals surface area contributed by atoms with Crippen LogP contribution in [0.25, 0.3) is 11.4 Å². The van der Waals surface area contributed by atoms with E-state index in [2.05, 4.69) is 0 Å². The Balaban J connectivity index is 1.99. The standard InChI is InChI=1S/C28H32N2O7/c1-16(2)19-13-18-14-20(37-12-8-11-35-3)26(36-4)29-23(18)24-21(19)25(31)22(28(33)34)27(32)30(24)15-17-9-6-5-7-10-17/h5-7,9-10,14,16,19,31H,8,11-13,15H2,1-4H3,(H,33,34). The largest absolute Gasteiger partial charge is 0.506 e. The third-order valence-electron chi connectivity index (χ3n) is 6.69. The molecule has 0 bridgehead atoms. The van der Waals surface area contributed by atoms with Crippen LogP contribution in [0, 0.1) is 5.92 Å². The van der Waals surface area contributed by atoms with Gasteiger partial charge in [-0.25, -0.2) is 9.78 Å². The van der Waals surface area contributed by atoms with E-state index >= 15 is 0 Å². The number of aromatic nitrogens is 2. The molecule has 9 heteroatoms. The van der Waals surface area contributed by atoms with Crippen molar-refractivity contribution in [2.75, 3.05) is 27.4 Å². The van der Waals surface area contributed by atoms with E-state index < -0.39 is 22.8 Å². The van der Waals surface area contributed by atoms with Crippen LogP contribution in [0.1, 0.15) is 53.2 Å². The van der Waals surface area contributed by atoms with Crippen LogP contribution in [0.4, 0.5) is 0 Å². The van der Waals surface area contributed by atoms with Crippen molar-refractivity contribution in [2.45, 2.75) is 39.2 Å². The molecule has 0 fully saturated rings. The van der Waals surface area contributed by atoms with Crippen molar-refractivity contribution in [3.05, 3.63) is 69.0 Å². The van der Waals surface area contributed by atoms with E-state index in [0.29, 0.717) is 48.8 Å². The predicted octanol–water partition coefficient (Wildman–Crippen LogP) is 4.08. The lowest BCUT2D eigenvalue weighted by molar-refractivity contribution is 0.0690. The number of fused-ring (bicyclic) bond motifs is 3. The van der Waals surface area contributed by atoms with Crippen LogP contribution >= 0.6 is 0 Å². The molecule has 1 aliphatic carbocycles. The zero-order valence-electron chi connectivity index (χ0n) is 21.5. The summed E-state index contributed by atoms with van der Waals surface area (Å²) in [6.45, 7) is 5.10. The molecule has 1 unspecified atom stereocenters. The van der Waals surface area contributed by atoms with Gasteiger partial charge in [0.05, 0.1) is 31.6 Å². The minimum Gasteiger partial charge on any atom is -0.506 e.